The number of hydrogen-bond acceptors (Lipinski definition) is 2. The molecule has 0 radical (unpaired) electrons. The second-order valence-electron chi connectivity index (χ2n) is 5.28. The Morgan fingerprint density at radius 2 is 1.94 bits per heavy atom. The highest BCUT2D eigenvalue weighted by molar-refractivity contribution is 5.38. The number of alkyl halides is 1. The maximum atomic E-state index is 13.6. The van der Waals surface area contributed by atoms with Gasteiger partial charge in [0.05, 0.1) is 6.04 Å². The molecule has 0 heterocycles. The Hall–Kier alpha value is -0.830. The average molecular weight is 225 g/mol. The van der Waals surface area contributed by atoms with Gasteiger partial charge in [0, 0.05) is 0 Å². The second-order valence-corrected chi connectivity index (χ2v) is 5.28. The van der Waals surface area contributed by atoms with Crippen molar-refractivity contribution in [3.05, 3.63) is 23.5 Å². The Morgan fingerprint density at radius 3 is 2.56 bits per heavy atom. The monoisotopic (exact) mass is 225 g/mol. The van der Waals surface area contributed by atoms with Crippen LogP contribution in [0.3, 0.4) is 0 Å². The van der Waals surface area contributed by atoms with Gasteiger partial charge in [-0.15, -0.1) is 0 Å². The molecule has 0 amide bonds. The number of aliphatic hydroxyl groups excluding tert-OH is 1. The molecule has 2 aliphatic rings. The van der Waals surface area contributed by atoms with E-state index in [0.717, 1.165) is 31.3 Å². The zero-order chi connectivity index (χ0) is 11.8. The highest BCUT2D eigenvalue weighted by atomic mass is 19.1. The molecule has 0 bridgehead atoms. The van der Waals surface area contributed by atoms with Gasteiger partial charge in [-0.05, 0) is 36.0 Å². The molecule has 1 saturated carbocycles. The van der Waals surface area contributed by atoms with E-state index in [4.69, 9.17) is 5.73 Å². The smallest absolute Gasteiger partial charge is 0.138 e. The summed E-state index contributed by atoms with van der Waals surface area (Å²) in [5.74, 6) is 0.186. The van der Waals surface area contributed by atoms with Crippen molar-refractivity contribution in [1.82, 2.24) is 0 Å². The van der Waals surface area contributed by atoms with E-state index in [1.165, 1.54) is 18.6 Å². The number of rotatable bonds is 1. The molecule has 2 rings (SSSR count). The van der Waals surface area contributed by atoms with Crippen LogP contribution in [0.1, 0.15) is 39.0 Å². The molecule has 90 valence electrons. The number of nitrogens with two attached hydrogens (primary N) is 1. The van der Waals surface area contributed by atoms with E-state index in [-0.39, 0.29) is 11.2 Å². The lowest BCUT2D eigenvalue weighted by Crippen LogP contribution is -2.35. The Kier molecular flexibility index (Phi) is 3.06. The fourth-order valence-electron chi connectivity index (χ4n) is 2.83. The molecule has 0 aromatic carbocycles. The molecule has 0 spiro atoms. The molecule has 2 nitrogen and oxygen atoms in total. The van der Waals surface area contributed by atoms with E-state index >= 15 is 0 Å². The maximum Gasteiger partial charge on any atom is 0.138 e. The molecular weight excluding hydrogens is 205 g/mol. The van der Waals surface area contributed by atoms with Crippen molar-refractivity contribution in [1.29, 1.82) is 0 Å². The molecule has 1 fully saturated rings. The molecule has 3 N–H and O–H groups in total. The van der Waals surface area contributed by atoms with Gasteiger partial charge in [-0.3, -0.25) is 0 Å². The van der Waals surface area contributed by atoms with Crippen molar-refractivity contribution in [2.24, 2.45) is 11.1 Å². The van der Waals surface area contributed by atoms with E-state index < -0.39 is 12.2 Å². The normalized spacial score (nSPS) is 34.2. The summed E-state index contributed by atoms with van der Waals surface area (Å²) < 4.78 is 13.6. The zero-order valence-corrected chi connectivity index (χ0v) is 9.75. The van der Waals surface area contributed by atoms with Crippen LogP contribution >= 0.6 is 0 Å². The van der Waals surface area contributed by atoms with Crippen molar-refractivity contribution in [3.8, 4) is 0 Å². The van der Waals surface area contributed by atoms with Crippen LogP contribution in [0.4, 0.5) is 4.39 Å². The van der Waals surface area contributed by atoms with Gasteiger partial charge in [-0.1, -0.05) is 26.2 Å². The SMILES string of the molecule is CC1(C2=CC(F)C(N)C=C2O)CCCCC1. The van der Waals surface area contributed by atoms with Crippen molar-refractivity contribution in [2.45, 2.75) is 51.2 Å². The van der Waals surface area contributed by atoms with Crippen molar-refractivity contribution in [2.75, 3.05) is 0 Å². The van der Waals surface area contributed by atoms with Crippen molar-refractivity contribution >= 4 is 0 Å². The lowest BCUT2D eigenvalue weighted by atomic mass is 9.68. The first-order chi connectivity index (χ1) is 7.53. The van der Waals surface area contributed by atoms with Gasteiger partial charge in [0.15, 0.2) is 0 Å². The zero-order valence-electron chi connectivity index (χ0n) is 9.75. The van der Waals surface area contributed by atoms with Crippen molar-refractivity contribution in [3.63, 3.8) is 0 Å². The molecule has 2 unspecified atom stereocenters. The summed E-state index contributed by atoms with van der Waals surface area (Å²) in [6, 6.07) is -0.698. The molecule has 2 atom stereocenters. The standard InChI is InChI=1S/C13H20FNO/c1-13(5-3-2-4-6-13)9-7-10(14)11(15)8-12(9)16/h7-8,10-11,16H,2-6,15H2,1H3. The summed E-state index contributed by atoms with van der Waals surface area (Å²) in [6.45, 7) is 2.12. The van der Waals surface area contributed by atoms with Gasteiger partial charge < -0.3 is 10.8 Å². The minimum Gasteiger partial charge on any atom is -0.508 e. The first-order valence-electron chi connectivity index (χ1n) is 6.06. The van der Waals surface area contributed by atoms with Crippen LogP contribution in [0, 0.1) is 5.41 Å². The third kappa shape index (κ3) is 2.01. The van der Waals surface area contributed by atoms with E-state index in [9.17, 15) is 9.50 Å². The largest absolute Gasteiger partial charge is 0.508 e. The first-order valence-corrected chi connectivity index (χ1v) is 6.06. The lowest BCUT2D eigenvalue weighted by molar-refractivity contribution is 0.239. The minimum atomic E-state index is -1.16. The molecule has 0 aromatic heterocycles. The van der Waals surface area contributed by atoms with Gasteiger partial charge in [0.2, 0.25) is 0 Å². The molecule has 0 saturated heterocycles. The second kappa shape index (κ2) is 4.21. The quantitative estimate of drug-likeness (QED) is 0.720. The fraction of sp³-hybridized carbons (Fsp3) is 0.692. The van der Waals surface area contributed by atoms with Gasteiger partial charge in [-0.2, -0.15) is 0 Å². The minimum absolute atomic E-state index is 0.0662. The van der Waals surface area contributed by atoms with E-state index in [0.29, 0.717) is 0 Å². The van der Waals surface area contributed by atoms with Crippen LogP contribution in [-0.2, 0) is 0 Å². The van der Waals surface area contributed by atoms with Crippen LogP contribution in [0.15, 0.2) is 23.5 Å². The van der Waals surface area contributed by atoms with E-state index in [2.05, 4.69) is 6.92 Å². The summed E-state index contributed by atoms with van der Waals surface area (Å²) in [7, 11) is 0. The Bertz CT molecular complexity index is 329. The van der Waals surface area contributed by atoms with Gasteiger partial charge in [-0.25, -0.2) is 4.39 Å². The van der Waals surface area contributed by atoms with Crippen LogP contribution < -0.4 is 5.73 Å². The van der Waals surface area contributed by atoms with Crippen LogP contribution in [-0.4, -0.2) is 17.3 Å². The number of hydrogen-bond donors (Lipinski definition) is 2. The highest BCUT2D eigenvalue weighted by Gasteiger charge is 2.36. The van der Waals surface area contributed by atoms with Gasteiger partial charge in [0.1, 0.15) is 11.9 Å². The van der Waals surface area contributed by atoms with Gasteiger partial charge in [0.25, 0.3) is 0 Å². The Morgan fingerprint density at radius 1 is 1.31 bits per heavy atom. The Balaban J connectivity index is 2.26. The van der Waals surface area contributed by atoms with Gasteiger partial charge >= 0.3 is 0 Å². The topological polar surface area (TPSA) is 46.2 Å². The highest BCUT2D eigenvalue weighted by Crippen LogP contribution is 2.45. The third-order valence-corrected chi connectivity index (χ3v) is 3.93. The molecule has 3 heteroatoms. The first kappa shape index (κ1) is 11.6. The lowest BCUT2D eigenvalue weighted by Gasteiger charge is -2.37. The summed E-state index contributed by atoms with van der Waals surface area (Å²) in [6.07, 6.45) is 7.41. The molecule has 0 aliphatic heterocycles. The fourth-order valence-corrected chi connectivity index (χ4v) is 2.83. The summed E-state index contributed by atoms with van der Waals surface area (Å²) in [4.78, 5) is 0. The van der Waals surface area contributed by atoms with E-state index in [1.807, 2.05) is 0 Å². The summed E-state index contributed by atoms with van der Waals surface area (Å²) in [5.41, 5.74) is 6.25. The van der Waals surface area contributed by atoms with Crippen molar-refractivity contribution < 1.29 is 9.50 Å². The molecule has 0 aromatic rings. The molecule has 2 aliphatic carbocycles. The van der Waals surface area contributed by atoms with E-state index in [1.54, 1.807) is 0 Å². The van der Waals surface area contributed by atoms with Crippen LogP contribution in [0.2, 0.25) is 0 Å². The maximum absolute atomic E-state index is 13.6. The Labute approximate surface area is 96.0 Å². The predicted molar refractivity (Wildman–Crippen MR) is 62.9 cm³/mol. The summed E-state index contributed by atoms with van der Waals surface area (Å²) >= 11 is 0. The molecular formula is C13H20FNO. The average Bonchev–Trinajstić information content (AvgIpc) is 2.24. The van der Waals surface area contributed by atoms with Crippen LogP contribution in [0.25, 0.3) is 0 Å². The predicted octanol–water partition coefficient (Wildman–Crippen LogP) is 3.00. The number of allylic oxidation sites excluding steroid dienone is 1. The van der Waals surface area contributed by atoms with Crippen LogP contribution in [0.5, 0.6) is 0 Å². The third-order valence-electron chi connectivity index (χ3n) is 3.93. The number of halogens is 1. The molecule has 16 heavy (non-hydrogen) atoms. The summed E-state index contributed by atoms with van der Waals surface area (Å²) in [5, 5.41) is 9.92. The number of aliphatic hydroxyl groups is 1.